The molecule has 0 bridgehead atoms. The number of rotatable bonds is 2. The molecule has 1 fully saturated rings. The number of likely N-dealkylation sites (N-methyl/N-ethyl adjacent to an activating group) is 1. The van der Waals surface area contributed by atoms with E-state index in [1.807, 2.05) is 19.2 Å². The minimum atomic E-state index is -0.262. The largest absolute Gasteiger partial charge is 0.399 e. The van der Waals surface area contributed by atoms with Crippen LogP contribution < -0.4 is 10.6 Å². The molecular formula is C13H19ClN2O. The number of benzene rings is 1. The van der Waals surface area contributed by atoms with Gasteiger partial charge in [0.05, 0.1) is 22.9 Å². The SMILES string of the molecule is CN(c1ccc(N)cc1Cl)C1CCCCC1O. The van der Waals surface area contributed by atoms with Gasteiger partial charge in [0, 0.05) is 12.7 Å². The van der Waals surface area contributed by atoms with Gasteiger partial charge in [-0.3, -0.25) is 0 Å². The van der Waals surface area contributed by atoms with Gasteiger partial charge in [-0.2, -0.15) is 0 Å². The highest BCUT2D eigenvalue weighted by Gasteiger charge is 2.27. The fraction of sp³-hybridized carbons (Fsp3) is 0.538. The summed E-state index contributed by atoms with van der Waals surface area (Å²) in [6.45, 7) is 0. The molecule has 0 amide bonds. The molecule has 2 unspecified atom stereocenters. The van der Waals surface area contributed by atoms with E-state index in [1.165, 1.54) is 6.42 Å². The third-order valence-corrected chi connectivity index (χ3v) is 3.85. The average Bonchev–Trinajstić information content (AvgIpc) is 2.29. The third kappa shape index (κ3) is 2.67. The number of nitrogen functional groups attached to an aromatic ring is 1. The molecule has 2 rings (SSSR count). The molecule has 4 heteroatoms. The van der Waals surface area contributed by atoms with E-state index < -0.39 is 0 Å². The second-order valence-electron chi connectivity index (χ2n) is 4.74. The van der Waals surface area contributed by atoms with Crippen molar-refractivity contribution in [3.8, 4) is 0 Å². The number of anilines is 2. The molecule has 0 spiro atoms. The number of aliphatic hydroxyl groups is 1. The van der Waals surface area contributed by atoms with Crippen molar-refractivity contribution >= 4 is 23.0 Å². The van der Waals surface area contributed by atoms with Gasteiger partial charge in [-0.15, -0.1) is 0 Å². The van der Waals surface area contributed by atoms with Crippen LogP contribution in [0.15, 0.2) is 18.2 Å². The van der Waals surface area contributed by atoms with Crippen LogP contribution >= 0.6 is 11.6 Å². The Balaban J connectivity index is 2.20. The molecule has 0 heterocycles. The van der Waals surface area contributed by atoms with Gasteiger partial charge in [0.15, 0.2) is 0 Å². The third-order valence-electron chi connectivity index (χ3n) is 3.54. The number of nitrogens with zero attached hydrogens (tertiary/aromatic N) is 1. The summed E-state index contributed by atoms with van der Waals surface area (Å²) in [7, 11) is 1.98. The van der Waals surface area contributed by atoms with Crippen LogP contribution in [0.25, 0.3) is 0 Å². The van der Waals surface area contributed by atoms with Crippen molar-refractivity contribution in [2.24, 2.45) is 0 Å². The first-order valence-electron chi connectivity index (χ1n) is 6.05. The van der Waals surface area contributed by atoms with Crippen LogP contribution in [-0.4, -0.2) is 24.3 Å². The number of hydrogen-bond donors (Lipinski definition) is 2. The lowest BCUT2D eigenvalue weighted by molar-refractivity contribution is 0.106. The van der Waals surface area contributed by atoms with E-state index >= 15 is 0 Å². The van der Waals surface area contributed by atoms with Crippen LogP contribution in [-0.2, 0) is 0 Å². The maximum absolute atomic E-state index is 10.0. The predicted octanol–water partition coefficient (Wildman–Crippen LogP) is 2.66. The van der Waals surface area contributed by atoms with Crippen molar-refractivity contribution in [3.63, 3.8) is 0 Å². The summed E-state index contributed by atoms with van der Waals surface area (Å²) in [4.78, 5) is 2.08. The first-order valence-corrected chi connectivity index (χ1v) is 6.43. The van der Waals surface area contributed by atoms with Gasteiger partial charge in [-0.05, 0) is 31.0 Å². The lowest BCUT2D eigenvalue weighted by Gasteiger charge is -2.37. The second-order valence-corrected chi connectivity index (χ2v) is 5.15. The lowest BCUT2D eigenvalue weighted by Crippen LogP contribution is -2.43. The highest BCUT2D eigenvalue weighted by Crippen LogP contribution is 2.32. The summed E-state index contributed by atoms with van der Waals surface area (Å²) in [6.07, 6.45) is 3.90. The van der Waals surface area contributed by atoms with Crippen LogP contribution in [0, 0.1) is 0 Å². The molecule has 1 aromatic rings. The molecule has 3 nitrogen and oxygen atoms in total. The fourth-order valence-electron chi connectivity index (χ4n) is 2.53. The number of aliphatic hydroxyl groups excluding tert-OH is 1. The van der Waals surface area contributed by atoms with Gasteiger partial charge < -0.3 is 15.7 Å². The maximum Gasteiger partial charge on any atom is 0.0743 e. The summed E-state index contributed by atoms with van der Waals surface area (Å²) < 4.78 is 0. The quantitative estimate of drug-likeness (QED) is 0.798. The van der Waals surface area contributed by atoms with Gasteiger partial charge in [0.2, 0.25) is 0 Å². The molecule has 1 aromatic carbocycles. The monoisotopic (exact) mass is 254 g/mol. The topological polar surface area (TPSA) is 49.5 Å². The molecule has 1 aliphatic carbocycles. The molecule has 0 aromatic heterocycles. The number of hydrogen-bond acceptors (Lipinski definition) is 3. The Hall–Kier alpha value is -0.930. The molecule has 0 radical (unpaired) electrons. The van der Waals surface area contributed by atoms with E-state index in [2.05, 4.69) is 4.90 Å². The van der Waals surface area contributed by atoms with E-state index in [9.17, 15) is 5.11 Å². The molecule has 3 N–H and O–H groups in total. The number of nitrogens with two attached hydrogens (primary N) is 1. The van der Waals surface area contributed by atoms with Crippen molar-refractivity contribution < 1.29 is 5.11 Å². The predicted molar refractivity (Wildman–Crippen MR) is 72.5 cm³/mol. The van der Waals surface area contributed by atoms with E-state index in [-0.39, 0.29) is 12.1 Å². The van der Waals surface area contributed by atoms with E-state index in [4.69, 9.17) is 17.3 Å². The Morgan fingerprint density at radius 1 is 1.35 bits per heavy atom. The minimum Gasteiger partial charge on any atom is -0.399 e. The Bertz CT molecular complexity index is 397. The second kappa shape index (κ2) is 5.15. The van der Waals surface area contributed by atoms with Crippen molar-refractivity contribution in [1.82, 2.24) is 0 Å². The molecule has 1 aliphatic rings. The highest BCUT2D eigenvalue weighted by atomic mass is 35.5. The number of halogens is 1. The Labute approximate surface area is 107 Å². The van der Waals surface area contributed by atoms with Crippen LogP contribution in [0.1, 0.15) is 25.7 Å². The first kappa shape index (κ1) is 12.5. The van der Waals surface area contributed by atoms with E-state index in [0.29, 0.717) is 10.7 Å². The smallest absolute Gasteiger partial charge is 0.0743 e. The van der Waals surface area contributed by atoms with Gasteiger partial charge in [-0.25, -0.2) is 0 Å². The zero-order valence-electron chi connectivity index (χ0n) is 10.1. The fourth-order valence-corrected chi connectivity index (χ4v) is 2.85. The molecule has 0 saturated heterocycles. The van der Waals surface area contributed by atoms with E-state index in [1.54, 1.807) is 6.07 Å². The van der Waals surface area contributed by atoms with Crippen molar-refractivity contribution in [2.75, 3.05) is 17.7 Å². The Morgan fingerprint density at radius 2 is 2.06 bits per heavy atom. The Morgan fingerprint density at radius 3 is 2.71 bits per heavy atom. The molecule has 0 aliphatic heterocycles. The van der Waals surface area contributed by atoms with Gasteiger partial charge in [0.1, 0.15) is 0 Å². The normalized spacial score (nSPS) is 24.6. The van der Waals surface area contributed by atoms with E-state index in [0.717, 1.165) is 24.9 Å². The molecular weight excluding hydrogens is 236 g/mol. The molecule has 94 valence electrons. The first-order chi connectivity index (χ1) is 8.09. The van der Waals surface area contributed by atoms with Crippen LogP contribution in [0.4, 0.5) is 11.4 Å². The Kier molecular flexibility index (Phi) is 3.79. The summed E-state index contributed by atoms with van der Waals surface area (Å²) in [5.41, 5.74) is 7.28. The van der Waals surface area contributed by atoms with Crippen molar-refractivity contribution in [1.29, 1.82) is 0 Å². The average molecular weight is 255 g/mol. The van der Waals surface area contributed by atoms with Crippen molar-refractivity contribution in [2.45, 2.75) is 37.8 Å². The minimum absolute atomic E-state index is 0.157. The lowest BCUT2D eigenvalue weighted by atomic mass is 9.91. The zero-order valence-corrected chi connectivity index (χ0v) is 10.8. The molecule has 2 atom stereocenters. The summed E-state index contributed by atoms with van der Waals surface area (Å²) in [5, 5.41) is 10.7. The summed E-state index contributed by atoms with van der Waals surface area (Å²) >= 11 is 6.19. The van der Waals surface area contributed by atoms with Gasteiger partial charge in [-0.1, -0.05) is 24.4 Å². The summed E-state index contributed by atoms with van der Waals surface area (Å²) in [5.74, 6) is 0. The standard InChI is InChI=1S/C13H19ClN2O/c1-16(12-4-2-3-5-13(12)17)11-7-6-9(15)8-10(11)14/h6-8,12-13,17H,2-5,15H2,1H3. The van der Waals surface area contributed by atoms with Gasteiger partial charge >= 0.3 is 0 Å². The zero-order chi connectivity index (χ0) is 12.4. The van der Waals surface area contributed by atoms with Gasteiger partial charge in [0.25, 0.3) is 0 Å². The van der Waals surface area contributed by atoms with Crippen molar-refractivity contribution in [3.05, 3.63) is 23.2 Å². The van der Waals surface area contributed by atoms with Crippen LogP contribution in [0.3, 0.4) is 0 Å². The highest BCUT2D eigenvalue weighted by molar-refractivity contribution is 6.33. The van der Waals surface area contributed by atoms with Crippen LogP contribution in [0.2, 0.25) is 5.02 Å². The summed E-state index contributed by atoms with van der Waals surface area (Å²) in [6, 6.07) is 5.67. The molecule has 1 saturated carbocycles. The van der Waals surface area contributed by atoms with Crippen LogP contribution in [0.5, 0.6) is 0 Å². The maximum atomic E-state index is 10.0. The molecule has 17 heavy (non-hydrogen) atoms.